The number of aromatic nitrogens is 2. The third kappa shape index (κ3) is 3.25. The molecular formula is C11H19N3O2. The van der Waals surface area contributed by atoms with Crippen molar-refractivity contribution >= 4 is 11.9 Å². The molecule has 0 fully saturated rings. The van der Waals surface area contributed by atoms with Crippen LogP contribution in [-0.2, 0) is 16.6 Å². The van der Waals surface area contributed by atoms with Gasteiger partial charge in [-0.25, -0.2) is 9.78 Å². The predicted octanol–water partition coefficient (Wildman–Crippen LogP) is 1.42. The highest BCUT2D eigenvalue weighted by atomic mass is 16.5. The summed E-state index contributed by atoms with van der Waals surface area (Å²) >= 11 is 0. The van der Waals surface area contributed by atoms with Crippen LogP contribution in [0.25, 0.3) is 0 Å². The third-order valence-corrected chi connectivity index (χ3v) is 2.32. The van der Waals surface area contributed by atoms with Crippen LogP contribution in [0.3, 0.4) is 0 Å². The van der Waals surface area contributed by atoms with E-state index in [4.69, 9.17) is 4.74 Å². The Hall–Kier alpha value is -1.52. The van der Waals surface area contributed by atoms with Gasteiger partial charge in [-0.2, -0.15) is 0 Å². The molecule has 5 nitrogen and oxygen atoms in total. The molecule has 1 aromatic rings. The lowest BCUT2D eigenvalue weighted by molar-refractivity contribution is -0.141. The molecule has 1 N–H and O–H groups in total. The minimum absolute atomic E-state index is 0.253. The summed E-state index contributed by atoms with van der Waals surface area (Å²) in [6.45, 7) is 4.13. The van der Waals surface area contributed by atoms with E-state index in [1.807, 2.05) is 17.8 Å². The molecule has 0 spiro atoms. The maximum Gasteiger partial charge on any atom is 0.328 e. The van der Waals surface area contributed by atoms with Gasteiger partial charge in [-0.1, -0.05) is 13.8 Å². The third-order valence-electron chi connectivity index (χ3n) is 2.32. The van der Waals surface area contributed by atoms with E-state index in [9.17, 15) is 4.79 Å². The van der Waals surface area contributed by atoms with Gasteiger partial charge in [0.2, 0.25) is 5.95 Å². The van der Waals surface area contributed by atoms with Crippen LogP contribution in [0.15, 0.2) is 12.4 Å². The van der Waals surface area contributed by atoms with Gasteiger partial charge in [0.25, 0.3) is 0 Å². The average Bonchev–Trinajstić information content (AvgIpc) is 2.61. The first-order valence-corrected chi connectivity index (χ1v) is 5.36. The number of carbonyl (C=O) groups excluding carboxylic acids is 1. The monoisotopic (exact) mass is 225 g/mol. The molecule has 0 radical (unpaired) electrons. The molecule has 1 rings (SSSR count). The van der Waals surface area contributed by atoms with Crippen molar-refractivity contribution in [2.75, 3.05) is 12.4 Å². The topological polar surface area (TPSA) is 56.1 Å². The maximum absolute atomic E-state index is 11.6. The van der Waals surface area contributed by atoms with E-state index in [0.717, 1.165) is 6.42 Å². The van der Waals surface area contributed by atoms with Gasteiger partial charge in [0.05, 0.1) is 7.11 Å². The summed E-state index contributed by atoms with van der Waals surface area (Å²) in [6, 6.07) is -0.342. The van der Waals surface area contributed by atoms with Gasteiger partial charge in [0, 0.05) is 19.4 Å². The lowest BCUT2D eigenvalue weighted by Gasteiger charge is -2.18. The number of imidazole rings is 1. The van der Waals surface area contributed by atoms with Crippen molar-refractivity contribution in [1.82, 2.24) is 9.55 Å². The lowest BCUT2D eigenvalue weighted by Crippen LogP contribution is -2.33. The van der Waals surface area contributed by atoms with E-state index >= 15 is 0 Å². The Morgan fingerprint density at radius 3 is 2.75 bits per heavy atom. The zero-order valence-electron chi connectivity index (χ0n) is 10.2. The molecule has 0 saturated carbocycles. The van der Waals surface area contributed by atoms with Crippen LogP contribution < -0.4 is 5.32 Å². The summed E-state index contributed by atoms with van der Waals surface area (Å²) in [4.78, 5) is 15.7. The normalized spacial score (nSPS) is 12.6. The van der Waals surface area contributed by atoms with Gasteiger partial charge in [0.15, 0.2) is 0 Å². The first kappa shape index (κ1) is 12.5. The first-order chi connectivity index (χ1) is 7.54. The standard InChI is InChI=1S/C11H19N3O2/c1-8(2)7-9(10(15)16-4)13-11-12-5-6-14(11)3/h5-6,8-9H,7H2,1-4H3,(H,12,13). The Labute approximate surface area is 95.8 Å². The molecule has 90 valence electrons. The van der Waals surface area contributed by atoms with Crippen molar-refractivity contribution in [3.8, 4) is 0 Å². The van der Waals surface area contributed by atoms with E-state index in [0.29, 0.717) is 11.9 Å². The van der Waals surface area contributed by atoms with Crippen molar-refractivity contribution in [2.45, 2.75) is 26.3 Å². The summed E-state index contributed by atoms with van der Waals surface area (Å²) in [5.41, 5.74) is 0. The summed E-state index contributed by atoms with van der Waals surface area (Å²) in [5.74, 6) is 0.838. The highest BCUT2D eigenvalue weighted by Gasteiger charge is 2.21. The quantitative estimate of drug-likeness (QED) is 0.770. The van der Waals surface area contributed by atoms with Crippen LogP contribution in [0.1, 0.15) is 20.3 Å². The summed E-state index contributed by atoms with van der Waals surface area (Å²) in [7, 11) is 3.27. The van der Waals surface area contributed by atoms with Crippen LogP contribution in [-0.4, -0.2) is 28.7 Å². The highest BCUT2D eigenvalue weighted by Crippen LogP contribution is 2.12. The van der Waals surface area contributed by atoms with Gasteiger partial charge in [0.1, 0.15) is 6.04 Å². The Morgan fingerprint density at radius 2 is 2.31 bits per heavy atom. The number of hydrogen-bond donors (Lipinski definition) is 1. The molecule has 0 aliphatic rings. The average molecular weight is 225 g/mol. The van der Waals surface area contributed by atoms with Crippen LogP contribution in [0, 0.1) is 5.92 Å². The van der Waals surface area contributed by atoms with E-state index in [2.05, 4.69) is 24.1 Å². The maximum atomic E-state index is 11.6. The smallest absolute Gasteiger partial charge is 0.328 e. The second-order valence-corrected chi connectivity index (χ2v) is 4.21. The molecule has 1 aromatic heterocycles. The number of aryl methyl sites for hydroxylation is 1. The molecule has 1 atom stereocenters. The number of hydrogen-bond acceptors (Lipinski definition) is 4. The fourth-order valence-corrected chi connectivity index (χ4v) is 1.49. The van der Waals surface area contributed by atoms with Crippen molar-refractivity contribution in [3.05, 3.63) is 12.4 Å². The SMILES string of the molecule is COC(=O)C(CC(C)C)Nc1nccn1C. The van der Waals surface area contributed by atoms with Crippen molar-refractivity contribution in [1.29, 1.82) is 0 Å². The number of ether oxygens (including phenoxy) is 1. The Kier molecular flexibility index (Phi) is 4.34. The lowest BCUT2D eigenvalue weighted by atomic mass is 10.0. The molecule has 0 saturated heterocycles. The molecule has 0 aliphatic carbocycles. The molecule has 0 amide bonds. The van der Waals surface area contributed by atoms with Crippen LogP contribution in [0.2, 0.25) is 0 Å². The van der Waals surface area contributed by atoms with Crippen molar-refractivity contribution in [3.63, 3.8) is 0 Å². The number of nitrogens with zero attached hydrogens (tertiary/aromatic N) is 2. The number of esters is 1. The summed E-state index contributed by atoms with van der Waals surface area (Å²) < 4.78 is 6.59. The summed E-state index contributed by atoms with van der Waals surface area (Å²) in [6.07, 6.45) is 4.23. The van der Waals surface area contributed by atoms with Gasteiger partial charge < -0.3 is 14.6 Å². The number of methoxy groups -OCH3 is 1. The Balaban J connectivity index is 2.70. The van der Waals surface area contributed by atoms with Crippen LogP contribution in [0.5, 0.6) is 0 Å². The number of anilines is 1. The fourth-order valence-electron chi connectivity index (χ4n) is 1.49. The zero-order chi connectivity index (χ0) is 12.1. The highest BCUT2D eigenvalue weighted by molar-refractivity contribution is 5.78. The number of carbonyl (C=O) groups is 1. The molecule has 0 aromatic carbocycles. The van der Waals surface area contributed by atoms with E-state index < -0.39 is 0 Å². The van der Waals surface area contributed by atoms with Crippen molar-refractivity contribution < 1.29 is 9.53 Å². The molecule has 0 bridgehead atoms. The first-order valence-electron chi connectivity index (χ1n) is 5.36. The van der Waals surface area contributed by atoms with E-state index in [-0.39, 0.29) is 12.0 Å². The second kappa shape index (κ2) is 5.53. The molecule has 0 aliphatic heterocycles. The molecule has 1 unspecified atom stereocenters. The Morgan fingerprint density at radius 1 is 1.62 bits per heavy atom. The minimum Gasteiger partial charge on any atom is -0.467 e. The van der Waals surface area contributed by atoms with Gasteiger partial charge in [-0.3, -0.25) is 0 Å². The van der Waals surface area contributed by atoms with Gasteiger partial charge in [-0.05, 0) is 12.3 Å². The summed E-state index contributed by atoms with van der Waals surface area (Å²) in [5, 5.41) is 3.09. The molecule has 16 heavy (non-hydrogen) atoms. The van der Waals surface area contributed by atoms with Crippen molar-refractivity contribution in [2.24, 2.45) is 13.0 Å². The van der Waals surface area contributed by atoms with Gasteiger partial charge in [-0.15, -0.1) is 0 Å². The number of rotatable bonds is 5. The number of nitrogens with one attached hydrogen (secondary N) is 1. The zero-order valence-corrected chi connectivity index (χ0v) is 10.2. The van der Waals surface area contributed by atoms with Crippen LogP contribution >= 0.6 is 0 Å². The predicted molar refractivity (Wildman–Crippen MR) is 62.1 cm³/mol. The van der Waals surface area contributed by atoms with E-state index in [1.165, 1.54) is 7.11 Å². The fraction of sp³-hybridized carbons (Fsp3) is 0.636. The molecule has 1 heterocycles. The Bertz CT molecular complexity index is 347. The second-order valence-electron chi connectivity index (χ2n) is 4.21. The van der Waals surface area contributed by atoms with Gasteiger partial charge >= 0.3 is 5.97 Å². The minimum atomic E-state index is -0.342. The molecular weight excluding hydrogens is 206 g/mol. The molecule has 5 heteroatoms. The van der Waals surface area contributed by atoms with Crippen LogP contribution in [0.4, 0.5) is 5.95 Å². The largest absolute Gasteiger partial charge is 0.467 e. The van der Waals surface area contributed by atoms with E-state index in [1.54, 1.807) is 6.20 Å².